The van der Waals surface area contributed by atoms with Gasteiger partial charge in [-0.3, -0.25) is 9.59 Å². The van der Waals surface area contributed by atoms with Crippen LogP contribution in [0.25, 0.3) is 11.0 Å². The number of hydrogen-bond donors (Lipinski definition) is 2. The number of carbonyl (C=O) groups is 2. The lowest BCUT2D eigenvalue weighted by molar-refractivity contribution is -0.122. The molecule has 7 nitrogen and oxygen atoms in total. The third-order valence-electron chi connectivity index (χ3n) is 5.88. The first-order chi connectivity index (χ1) is 16.6. The van der Waals surface area contributed by atoms with Gasteiger partial charge in [-0.05, 0) is 43.5 Å². The number of rotatable bonds is 8. The molecule has 5 rings (SSSR count). The second-order valence-electron chi connectivity index (χ2n) is 8.28. The van der Waals surface area contributed by atoms with Gasteiger partial charge in [0.05, 0.1) is 0 Å². The molecule has 2 aromatic heterocycles. The Morgan fingerprint density at radius 2 is 2.00 bits per heavy atom. The number of anilines is 1. The van der Waals surface area contributed by atoms with Crippen LogP contribution < -0.4 is 10.6 Å². The Morgan fingerprint density at radius 1 is 1.15 bits per heavy atom. The van der Waals surface area contributed by atoms with E-state index >= 15 is 0 Å². The molecule has 2 amide bonds. The van der Waals surface area contributed by atoms with E-state index in [0.717, 1.165) is 50.8 Å². The molecule has 0 aliphatic heterocycles. The molecule has 1 aliphatic carbocycles. The molecular formula is C25H24N4O3S2. The number of aryl methyl sites for hydroxylation is 1. The third-order valence-corrected chi connectivity index (χ3v) is 7.87. The summed E-state index contributed by atoms with van der Waals surface area (Å²) in [6.45, 7) is 2.24. The van der Waals surface area contributed by atoms with E-state index < -0.39 is 0 Å². The summed E-state index contributed by atoms with van der Waals surface area (Å²) in [5.41, 5.74) is 3.16. The topological polar surface area (TPSA) is 97.1 Å². The zero-order chi connectivity index (χ0) is 23.5. The standard InChI is InChI=1S/C25H24N4O3S2/c1-15-28-29-25(34-15)33-14-20-19-10-2-3-11-21(19)32-22(20)24(31)26-13-16-6-4-9-18(12-16)27-23(30)17-7-5-8-17/h2-4,6,9-12,17H,5,7-8,13-14H2,1H3,(H,26,31)(H,27,30). The van der Waals surface area contributed by atoms with E-state index in [0.29, 0.717) is 23.6 Å². The molecule has 0 bridgehead atoms. The molecule has 0 radical (unpaired) electrons. The van der Waals surface area contributed by atoms with Gasteiger partial charge >= 0.3 is 0 Å². The van der Waals surface area contributed by atoms with Gasteiger partial charge in [0, 0.05) is 34.9 Å². The number of nitrogens with one attached hydrogen (secondary N) is 2. The van der Waals surface area contributed by atoms with Crippen molar-refractivity contribution in [1.82, 2.24) is 15.5 Å². The number of fused-ring (bicyclic) bond motifs is 1. The number of hydrogen-bond acceptors (Lipinski definition) is 7. The number of furan rings is 1. The van der Waals surface area contributed by atoms with Gasteiger partial charge in [-0.2, -0.15) is 0 Å². The summed E-state index contributed by atoms with van der Waals surface area (Å²) in [5.74, 6) is 0.782. The summed E-state index contributed by atoms with van der Waals surface area (Å²) in [6.07, 6.45) is 3.03. The van der Waals surface area contributed by atoms with Gasteiger partial charge in [0.2, 0.25) is 5.91 Å². The second-order valence-corrected chi connectivity index (χ2v) is 10.7. The van der Waals surface area contributed by atoms with Crippen molar-refractivity contribution in [3.63, 3.8) is 0 Å². The average molecular weight is 493 g/mol. The summed E-state index contributed by atoms with van der Waals surface area (Å²) in [4.78, 5) is 25.4. The normalized spacial score (nSPS) is 13.6. The van der Waals surface area contributed by atoms with Crippen LogP contribution in [0.2, 0.25) is 0 Å². The number of carbonyl (C=O) groups excluding carboxylic acids is 2. The van der Waals surface area contributed by atoms with Crippen molar-refractivity contribution in [3.8, 4) is 0 Å². The number of benzene rings is 2. The lowest BCUT2D eigenvalue weighted by atomic mass is 9.85. The maximum absolute atomic E-state index is 13.1. The maximum atomic E-state index is 13.1. The van der Waals surface area contributed by atoms with Crippen LogP contribution in [0.3, 0.4) is 0 Å². The van der Waals surface area contributed by atoms with Crippen molar-refractivity contribution in [1.29, 1.82) is 0 Å². The zero-order valence-corrected chi connectivity index (χ0v) is 20.3. The minimum Gasteiger partial charge on any atom is -0.451 e. The van der Waals surface area contributed by atoms with E-state index in [2.05, 4.69) is 20.8 Å². The molecule has 1 aliphatic rings. The van der Waals surface area contributed by atoms with Crippen LogP contribution in [0.4, 0.5) is 5.69 Å². The summed E-state index contributed by atoms with van der Waals surface area (Å²) < 4.78 is 6.81. The Bertz CT molecular complexity index is 1340. The molecule has 34 heavy (non-hydrogen) atoms. The zero-order valence-electron chi connectivity index (χ0n) is 18.7. The minimum absolute atomic E-state index is 0.0717. The Kier molecular flexibility index (Phi) is 6.64. The van der Waals surface area contributed by atoms with Crippen molar-refractivity contribution in [2.75, 3.05) is 5.32 Å². The van der Waals surface area contributed by atoms with Crippen LogP contribution in [0.1, 0.15) is 46.0 Å². The average Bonchev–Trinajstić information content (AvgIpc) is 3.38. The predicted molar refractivity (Wildman–Crippen MR) is 134 cm³/mol. The molecule has 0 atom stereocenters. The molecule has 2 heterocycles. The fourth-order valence-electron chi connectivity index (χ4n) is 3.83. The number of para-hydroxylation sites is 1. The molecular weight excluding hydrogens is 468 g/mol. The fraction of sp³-hybridized carbons (Fsp3) is 0.280. The number of nitrogens with zero attached hydrogens (tertiary/aromatic N) is 2. The highest BCUT2D eigenvalue weighted by Crippen LogP contribution is 2.33. The molecule has 1 fully saturated rings. The van der Waals surface area contributed by atoms with Gasteiger partial charge < -0.3 is 15.1 Å². The predicted octanol–water partition coefficient (Wildman–Crippen LogP) is 5.55. The quantitative estimate of drug-likeness (QED) is 0.313. The van der Waals surface area contributed by atoms with Gasteiger partial charge in [0.25, 0.3) is 5.91 Å². The van der Waals surface area contributed by atoms with Crippen LogP contribution >= 0.6 is 23.1 Å². The van der Waals surface area contributed by atoms with E-state index in [-0.39, 0.29) is 17.7 Å². The van der Waals surface area contributed by atoms with E-state index in [4.69, 9.17) is 4.42 Å². The Balaban J connectivity index is 1.29. The van der Waals surface area contributed by atoms with Gasteiger partial charge in [-0.1, -0.05) is 59.9 Å². The van der Waals surface area contributed by atoms with Gasteiger partial charge in [-0.25, -0.2) is 0 Å². The molecule has 174 valence electrons. The van der Waals surface area contributed by atoms with Crippen molar-refractivity contribution < 1.29 is 14.0 Å². The van der Waals surface area contributed by atoms with Crippen molar-refractivity contribution in [2.45, 2.75) is 42.8 Å². The van der Waals surface area contributed by atoms with E-state index in [1.807, 2.05) is 55.5 Å². The Labute approximate surface area is 205 Å². The van der Waals surface area contributed by atoms with E-state index in [1.165, 1.54) is 11.3 Å². The molecule has 0 spiro atoms. The summed E-state index contributed by atoms with van der Waals surface area (Å²) in [5, 5.41) is 16.0. The molecule has 0 saturated heterocycles. The molecule has 4 aromatic rings. The highest BCUT2D eigenvalue weighted by atomic mass is 32.2. The largest absolute Gasteiger partial charge is 0.451 e. The lowest BCUT2D eigenvalue weighted by Crippen LogP contribution is -2.28. The second kappa shape index (κ2) is 9.99. The van der Waals surface area contributed by atoms with Crippen LogP contribution in [0.5, 0.6) is 0 Å². The van der Waals surface area contributed by atoms with Crippen molar-refractivity contribution in [2.24, 2.45) is 5.92 Å². The SMILES string of the molecule is Cc1nnc(SCc2c(C(=O)NCc3cccc(NC(=O)C4CCC4)c3)oc3ccccc23)s1. The van der Waals surface area contributed by atoms with Crippen LogP contribution in [-0.4, -0.2) is 22.0 Å². The summed E-state index contributed by atoms with van der Waals surface area (Å²) in [7, 11) is 0. The maximum Gasteiger partial charge on any atom is 0.287 e. The molecule has 1 saturated carbocycles. The first-order valence-electron chi connectivity index (χ1n) is 11.2. The van der Waals surface area contributed by atoms with Gasteiger partial charge in [-0.15, -0.1) is 10.2 Å². The van der Waals surface area contributed by atoms with Gasteiger partial charge in [0.1, 0.15) is 10.6 Å². The number of aromatic nitrogens is 2. The smallest absolute Gasteiger partial charge is 0.287 e. The van der Waals surface area contributed by atoms with Crippen molar-refractivity contribution >= 4 is 51.6 Å². The summed E-state index contributed by atoms with van der Waals surface area (Å²) >= 11 is 3.07. The van der Waals surface area contributed by atoms with Crippen LogP contribution in [0.15, 0.2) is 57.3 Å². The lowest BCUT2D eigenvalue weighted by Gasteiger charge is -2.24. The van der Waals surface area contributed by atoms with Crippen molar-refractivity contribution in [3.05, 3.63) is 70.4 Å². The Morgan fingerprint density at radius 3 is 2.76 bits per heavy atom. The van der Waals surface area contributed by atoms with Crippen LogP contribution in [0, 0.1) is 12.8 Å². The minimum atomic E-state index is -0.274. The van der Waals surface area contributed by atoms with Crippen LogP contribution in [-0.2, 0) is 17.1 Å². The highest BCUT2D eigenvalue weighted by Gasteiger charge is 2.25. The summed E-state index contributed by atoms with van der Waals surface area (Å²) in [6, 6.07) is 15.2. The van der Waals surface area contributed by atoms with E-state index in [1.54, 1.807) is 11.8 Å². The molecule has 9 heteroatoms. The molecule has 0 unspecified atom stereocenters. The monoisotopic (exact) mass is 492 g/mol. The first-order valence-corrected chi connectivity index (χ1v) is 13.0. The van der Waals surface area contributed by atoms with E-state index in [9.17, 15) is 9.59 Å². The third kappa shape index (κ3) is 5.00. The fourth-order valence-corrected chi connectivity index (χ4v) is 5.68. The molecule has 2 aromatic carbocycles. The highest BCUT2D eigenvalue weighted by molar-refractivity contribution is 8.00. The Hall–Kier alpha value is -3.17. The first kappa shape index (κ1) is 22.6. The number of amides is 2. The molecule has 2 N–H and O–H groups in total. The van der Waals surface area contributed by atoms with Gasteiger partial charge in [0.15, 0.2) is 10.1 Å². The number of thioether (sulfide) groups is 1.